The van der Waals surface area contributed by atoms with E-state index in [0.717, 1.165) is 51.7 Å². The van der Waals surface area contributed by atoms with Crippen molar-refractivity contribution in [1.82, 2.24) is 14.9 Å². The number of hydrogen-bond acceptors (Lipinski definition) is 5. The minimum atomic E-state index is -0.467. The highest BCUT2D eigenvalue weighted by atomic mass is 79.9. The van der Waals surface area contributed by atoms with Crippen LogP contribution in [0.4, 0.5) is 0 Å². The van der Waals surface area contributed by atoms with Gasteiger partial charge in [0.2, 0.25) is 5.91 Å². The van der Waals surface area contributed by atoms with E-state index in [1.54, 1.807) is 0 Å². The Morgan fingerprint density at radius 3 is 2.62 bits per heavy atom. The number of carbonyl (C=O) groups is 2. The molecule has 1 aliphatic rings. The molecule has 8 heteroatoms. The van der Waals surface area contributed by atoms with Crippen molar-refractivity contribution in [2.24, 2.45) is 11.7 Å². The van der Waals surface area contributed by atoms with Crippen molar-refractivity contribution in [2.45, 2.75) is 38.8 Å². The van der Waals surface area contributed by atoms with Crippen LogP contribution in [0.25, 0.3) is 22.0 Å². The fourth-order valence-electron chi connectivity index (χ4n) is 3.93. The SMILES string of the molecule is CC(C)C(N)C(=O)N1CCCC1c1ncc(-c2ccc(Br)c3ccccc23)[nH]1.COC=O. The third-order valence-electron chi connectivity index (χ3n) is 5.71. The van der Waals surface area contributed by atoms with Gasteiger partial charge in [0.1, 0.15) is 5.82 Å². The fraction of sp³-hybridized carbons (Fsp3) is 0.375. The number of likely N-dealkylation sites (tertiary alicyclic amines) is 1. The number of nitrogens with two attached hydrogens (primary N) is 1. The zero-order chi connectivity index (χ0) is 23.3. The van der Waals surface area contributed by atoms with Crippen LogP contribution in [0.2, 0.25) is 0 Å². The first-order valence-corrected chi connectivity index (χ1v) is 11.4. The number of amides is 1. The molecule has 7 nitrogen and oxygen atoms in total. The Morgan fingerprint density at radius 1 is 1.28 bits per heavy atom. The predicted octanol–water partition coefficient (Wildman–Crippen LogP) is 4.43. The molecule has 0 radical (unpaired) electrons. The second kappa shape index (κ2) is 10.7. The minimum Gasteiger partial charge on any atom is -0.471 e. The molecule has 1 amide bonds. The largest absolute Gasteiger partial charge is 0.471 e. The molecule has 1 aromatic heterocycles. The number of fused-ring (bicyclic) bond motifs is 1. The van der Waals surface area contributed by atoms with Crippen molar-refractivity contribution in [1.29, 1.82) is 0 Å². The van der Waals surface area contributed by atoms with Crippen LogP contribution >= 0.6 is 15.9 Å². The maximum Gasteiger partial charge on any atom is 0.292 e. The van der Waals surface area contributed by atoms with Crippen molar-refractivity contribution in [3.63, 3.8) is 0 Å². The predicted molar refractivity (Wildman–Crippen MR) is 129 cm³/mol. The van der Waals surface area contributed by atoms with Crippen LogP contribution < -0.4 is 5.73 Å². The van der Waals surface area contributed by atoms with E-state index in [2.05, 4.69) is 54.9 Å². The van der Waals surface area contributed by atoms with Crippen molar-refractivity contribution in [3.8, 4) is 11.3 Å². The summed E-state index contributed by atoms with van der Waals surface area (Å²) in [5.41, 5.74) is 8.19. The van der Waals surface area contributed by atoms with E-state index in [1.165, 1.54) is 7.11 Å². The second-order valence-electron chi connectivity index (χ2n) is 8.11. The fourth-order valence-corrected chi connectivity index (χ4v) is 4.41. The maximum atomic E-state index is 12.8. The highest BCUT2D eigenvalue weighted by Crippen LogP contribution is 2.35. The summed E-state index contributed by atoms with van der Waals surface area (Å²) < 4.78 is 4.93. The first-order valence-electron chi connectivity index (χ1n) is 10.6. The van der Waals surface area contributed by atoms with Crippen LogP contribution in [0, 0.1) is 5.92 Å². The monoisotopic (exact) mass is 500 g/mol. The highest BCUT2D eigenvalue weighted by Gasteiger charge is 2.35. The van der Waals surface area contributed by atoms with Crippen LogP contribution in [0.3, 0.4) is 0 Å². The van der Waals surface area contributed by atoms with Gasteiger partial charge in [0, 0.05) is 16.6 Å². The van der Waals surface area contributed by atoms with Gasteiger partial charge in [0.25, 0.3) is 6.47 Å². The number of aromatic nitrogens is 2. The Labute approximate surface area is 196 Å². The van der Waals surface area contributed by atoms with E-state index in [4.69, 9.17) is 10.5 Å². The van der Waals surface area contributed by atoms with E-state index in [-0.39, 0.29) is 17.9 Å². The molecule has 1 fully saturated rings. The lowest BCUT2D eigenvalue weighted by atomic mass is 10.0. The van der Waals surface area contributed by atoms with Crippen molar-refractivity contribution in [3.05, 3.63) is 52.9 Å². The lowest BCUT2D eigenvalue weighted by Gasteiger charge is -2.27. The number of aromatic amines is 1. The molecule has 1 saturated heterocycles. The van der Waals surface area contributed by atoms with Gasteiger partial charge >= 0.3 is 0 Å². The van der Waals surface area contributed by atoms with Crippen LogP contribution in [-0.4, -0.2) is 46.9 Å². The van der Waals surface area contributed by atoms with Gasteiger partial charge in [-0.1, -0.05) is 60.1 Å². The van der Waals surface area contributed by atoms with Crippen molar-refractivity contribution < 1.29 is 14.3 Å². The van der Waals surface area contributed by atoms with Gasteiger partial charge in [0.15, 0.2) is 0 Å². The lowest BCUT2D eigenvalue weighted by molar-refractivity contribution is -0.134. The van der Waals surface area contributed by atoms with E-state index in [0.29, 0.717) is 6.47 Å². The molecule has 2 atom stereocenters. The number of hydrogen-bond donors (Lipinski definition) is 2. The van der Waals surface area contributed by atoms with Gasteiger partial charge in [-0.2, -0.15) is 0 Å². The van der Waals surface area contributed by atoms with Gasteiger partial charge in [-0.15, -0.1) is 0 Å². The van der Waals surface area contributed by atoms with Crippen LogP contribution in [0.5, 0.6) is 0 Å². The molecule has 0 saturated carbocycles. The zero-order valence-corrected chi connectivity index (χ0v) is 20.1. The Bertz CT molecular complexity index is 1080. The minimum absolute atomic E-state index is 0.0181. The number of nitrogens with zero attached hydrogens (tertiary/aromatic N) is 2. The quantitative estimate of drug-likeness (QED) is 0.504. The van der Waals surface area contributed by atoms with Crippen LogP contribution in [0.1, 0.15) is 38.6 Å². The number of nitrogens with one attached hydrogen (secondary N) is 1. The van der Waals surface area contributed by atoms with Gasteiger partial charge in [0.05, 0.1) is 31.1 Å². The number of carbonyl (C=O) groups excluding carboxylic acids is 2. The van der Waals surface area contributed by atoms with Crippen LogP contribution in [-0.2, 0) is 14.3 Å². The van der Waals surface area contributed by atoms with Crippen LogP contribution in [0.15, 0.2) is 47.1 Å². The Kier molecular flexibility index (Phi) is 8.04. The average molecular weight is 501 g/mol. The summed E-state index contributed by atoms with van der Waals surface area (Å²) >= 11 is 3.63. The number of methoxy groups -OCH3 is 1. The highest BCUT2D eigenvalue weighted by molar-refractivity contribution is 9.10. The third-order valence-corrected chi connectivity index (χ3v) is 6.40. The molecular weight excluding hydrogens is 472 g/mol. The molecule has 3 N–H and O–H groups in total. The van der Waals surface area contributed by atoms with Crippen molar-refractivity contribution >= 4 is 39.1 Å². The normalized spacial score (nSPS) is 16.6. The van der Waals surface area contributed by atoms with Gasteiger partial charge in [-0.25, -0.2) is 4.98 Å². The maximum absolute atomic E-state index is 12.8. The number of H-pyrrole nitrogens is 1. The average Bonchev–Trinajstić information content (AvgIpc) is 3.48. The summed E-state index contributed by atoms with van der Waals surface area (Å²) in [4.78, 5) is 31.8. The molecule has 2 heterocycles. The molecule has 0 aliphatic carbocycles. The number of rotatable bonds is 5. The number of benzene rings is 2. The second-order valence-corrected chi connectivity index (χ2v) is 8.97. The number of halogens is 1. The molecule has 2 unspecified atom stereocenters. The first kappa shape index (κ1) is 23.9. The molecule has 4 rings (SSSR count). The molecule has 2 aromatic carbocycles. The number of imidazole rings is 1. The molecule has 0 spiro atoms. The first-order chi connectivity index (χ1) is 15.4. The number of ether oxygens (including phenoxy) is 1. The van der Waals surface area contributed by atoms with Gasteiger partial charge < -0.3 is 20.4 Å². The Balaban J connectivity index is 0.000000668. The third kappa shape index (κ3) is 5.02. The molecule has 0 bridgehead atoms. The summed E-state index contributed by atoms with van der Waals surface area (Å²) in [6, 6.07) is 11.9. The van der Waals surface area contributed by atoms with E-state index < -0.39 is 6.04 Å². The summed E-state index contributed by atoms with van der Waals surface area (Å²) in [5.74, 6) is 0.975. The van der Waals surface area contributed by atoms with Gasteiger partial charge in [-0.05, 0) is 35.6 Å². The van der Waals surface area contributed by atoms with E-state index in [9.17, 15) is 4.79 Å². The van der Waals surface area contributed by atoms with E-state index >= 15 is 0 Å². The standard InChI is InChI=1S/C22H25BrN4O.C2H4O2/c1-13(2)20(24)22(28)27-11-5-8-19(27)21-25-12-18(26-21)16-9-10-17(23)15-7-4-3-6-14(15)16;1-4-2-3/h3-4,6-7,9-10,12-13,19-20H,5,8,11,24H2,1-2H3,(H,25,26);2H,1H3. The summed E-state index contributed by atoms with van der Waals surface area (Å²) in [6.07, 6.45) is 3.75. The Morgan fingerprint density at radius 2 is 1.97 bits per heavy atom. The summed E-state index contributed by atoms with van der Waals surface area (Å²) in [6.45, 7) is 5.08. The summed E-state index contributed by atoms with van der Waals surface area (Å²) in [7, 11) is 1.31. The van der Waals surface area contributed by atoms with Crippen molar-refractivity contribution in [2.75, 3.05) is 13.7 Å². The zero-order valence-electron chi connectivity index (χ0n) is 18.5. The molecular formula is C24H29BrN4O3. The molecule has 1 aliphatic heterocycles. The topological polar surface area (TPSA) is 101 Å². The van der Waals surface area contributed by atoms with Gasteiger partial charge in [-0.3, -0.25) is 9.59 Å². The summed E-state index contributed by atoms with van der Waals surface area (Å²) in [5, 5.41) is 2.32. The molecule has 170 valence electrons. The Hall–Kier alpha value is -2.71. The smallest absolute Gasteiger partial charge is 0.292 e. The lowest BCUT2D eigenvalue weighted by Crippen LogP contribution is -2.46. The van der Waals surface area contributed by atoms with E-state index in [1.807, 2.05) is 37.1 Å². The molecule has 32 heavy (non-hydrogen) atoms. The molecule has 3 aromatic rings.